The summed E-state index contributed by atoms with van der Waals surface area (Å²) < 4.78 is 5.77. The molecule has 0 radical (unpaired) electrons. The van der Waals surface area contributed by atoms with Crippen LogP contribution in [0.15, 0.2) is 30.3 Å². The zero-order valence-electron chi connectivity index (χ0n) is 11.8. The van der Waals surface area contributed by atoms with E-state index in [4.69, 9.17) is 4.74 Å². The first-order valence-electron chi connectivity index (χ1n) is 7.08. The molecule has 2 heteroatoms. The molecule has 1 fully saturated rings. The predicted octanol–water partition coefficient (Wildman–Crippen LogP) is 3.29. The van der Waals surface area contributed by atoms with Crippen LogP contribution in [0.2, 0.25) is 0 Å². The fourth-order valence-corrected chi connectivity index (χ4v) is 2.79. The van der Waals surface area contributed by atoms with Gasteiger partial charge in [-0.15, -0.1) is 0 Å². The molecule has 1 aromatic rings. The van der Waals surface area contributed by atoms with Crippen molar-refractivity contribution in [1.29, 1.82) is 0 Å². The van der Waals surface area contributed by atoms with Crippen LogP contribution in [0.3, 0.4) is 0 Å². The summed E-state index contributed by atoms with van der Waals surface area (Å²) in [4.78, 5) is 2.54. The first-order chi connectivity index (χ1) is 8.65. The van der Waals surface area contributed by atoms with E-state index in [9.17, 15) is 0 Å². The molecule has 0 amide bonds. The molecule has 0 N–H and O–H groups in total. The summed E-state index contributed by atoms with van der Waals surface area (Å²) in [6, 6.07) is 10.8. The van der Waals surface area contributed by atoms with Crippen LogP contribution in [-0.2, 0) is 4.74 Å². The van der Waals surface area contributed by atoms with Gasteiger partial charge >= 0.3 is 0 Å². The molecule has 2 rings (SSSR count). The Kier molecular flexibility index (Phi) is 4.79. The topological polar surface area (TPSA) is 12.5 Å². The highest BCUT2D eigenvalue weighted by Crippen LogP contribution is 2.20. The summed E-state index contributed by atoms with van der Waals surface area (Å²) in [5, 5.41) is 0. The smallest absolute Gasteiger partial charge is 0.0678 e. The summed E-state index contributed by atoms with van der Waals surface area (Å²) in [5.41, 5.74) is 1.45. The maximum absolute atomic E-state index is 5.77. The van der Waals surface area contributed by atoms with Crippen molar-refractivity contribution in [1.82, 2.24) is 4.90 Å². The van der Waals surface area contributed by atoms with Crippen molar-refractivity contribution in [3.8, 4) is 0 Å². The van der Waals surface area contributed by atoms with Crippen LogP contribution in [0.4, 0.5) is 0 Å². The molecule has 3 unspecified atom stereocenters. The highest BCUT2D eigenvalue weighted by Gasteiger charge is 2.22. The lowest BCUT2D eigenvalue weighted by molar-refractivity contribution is -0.0683. The maximum atomic E-state index is 5.77. The number of benzene rings is 1. The lowest BCUT2D eigenvalue weighted by Crippen LogP contribution is -2.45. The summed E-state index contributed by atoms with van der Waals surface area (Å²) in [7, 11) is 0. The van der Waals surface area contributed by atoms with Gasteiger partial charge in [-0.2, -0.15) is 0 Å². The number of rotatable bonds is 4. The Morgan fingerprint density at radius 1 is 1.17 bits per heavy atom. The van der Waals surface area contributed by atoms with Crippen LogP contribution in [0.25, 0.3) is 0 Å². The number of morpholine rings is 1. The predicted molar refractivity (Wildman–Crippen MR) is 75.9 cm³/mol. The normalized spacial score (nSPS) is 27.1. The van der Waals surface area contributed by atoms with Gasteiger partial charge in [0.1, 0.15) is 0 Å². The SMILES string of the molecule is CC1CN(CCC(C)c2ccccc2)CC(C)O1. The van der Waals surface area contributed by atoms with Crippen LogP contribution in [0.1, 0.15) is 38.7 Å². The standard InChI is InChI=1S/C16H25NO/c1-13(16-7-5-4-6-8-16)9-10-17-11-14(2)18-15(3)12-17/h4-8,13-15H,9-12H2,1-3H3. The first kappa shape index (κ1) is 13.6. The summed E-state index contributed by atoms with van der Waals surface area (Å²) in [6.45, 7) is 9.99. The van der Waals surface area contributed by atoms with Crippen LogP contribution in [0, 0.1) is 0 Å². The summed E-state index contributed by atoms with van der Waals surface area (Å²) in [5.74, 6) is 0.639. The lowest BCUT2D eigenvalue weighted by atomic mass is 9.97. The third-order valence-corrected chi connectivity index (χ3v) is 3.74. The zero-order chi connectivity index (χ0) is 13.0. The van der Waals surface area contributed by atoms with E-state index in [1.165, 1.54) is 18.5 Å². The Labute approximate surface area is 111 Å². The Morgan fingerprint density at radius 3 is 2.39 bits per heavy atom. The maximum Gasteiger partial charge on any atom is 0.0678 e. The third kappa shape index (κ3) is 3.82. The molecule has 0 aliphatic carbocycles. The molecule has 1 aliphatic rings. The molecule has 1 aliphatic heterocycles. The van der Waals surface area contributed by atoms with Crippen molar-refractivity contribution < 1.29 is 4.74 Å². The molecule has 0 saturated carbocycles. The number of nitrogens with zero attached hydrogens (tertiary/aromatic N) is 1. The Hall–Kier alpha value is -0.860. The van der Waals surface area contributed by atoms with Crippen LogP contribution >= 0.6 is 0 Å². The highest BCUT2D eigenvalue weighted by atomic mass is 16.5. The minimum Gasteiger partial charge on any atom is -0.373 e. The first-order valence-corrected chi connectivity index (χ1v) is 7.08. The molecule has 1 heterocycles. The quantitative estimate of drug-likeness (QED) is 0.809. The second-order valence-corrected chi connectivity index (χ2v) is 5.62. The van der Waals surface area contributed by atoms with Crippen molar-refractivity contribution in [2.45, 2.75) is 45.3 Å². The largest absolute Gasteiger partial charge is 0.373 e. The van der Waals surface area contributed by atoms with Gasteiger partial charge in [-0.25, -0.2) is 0 Å². The summed E-state index contributed by atoms with van der Waals surface area (Å²) in [6.07, 6.45) is 1.98. The van der Waals surface area contributed by atoms with E-state index in [0.29, 0.717) is 18.1 Å². The van der Waals surface area contributed by atoms with Crippen LogP contribution < -0.4 is 0 Å². The van der Waals surface area contributed by atoms with E-state index in [1.54, 1.807) is 0 Å². The Morgan fingerprint density at radius 2 is 1.78 bits per heavy atom. The Balaban J connectivity index is 1.81. The van der Waals surface area contributed by atoms with Crippen molar-refractivity contribution >= 4 is 0 Å². The van der Waals surface area contributed by atoms with Crippen molar-refractivity contribution in [2.24, 2.45) is 0 Å². The van der Waals surface area contributed by atoms with Gasteiger partial charge in [0.05, 0.1) is 12.2 Å². The van der Waals surface area contributed by atoms with E-state index < -0.39 is 0 Å². The second kappa shape index (κ2) is 6.35. The molecule has 1 aromatic carbocycles. The molecular weight excluding hydrogens is 222 g/mol. The molecule has 2 nitrogen and oxygen atoms in total. The van der Waals surface area contributed by atoms with Crippen molar-refractivity contribution in [3.05, 3.63) is 35.9 Å². The van der Waals surface area contributed by atoms with E-state index >= 15 is 0 Å². The molecule has 1 saturated heterocycles. The van der Waals surface area contributed by atoms with Gasteiger partial charge in [0.25, 0.3) is 0 Å². The number of hydrogen-bond donors (Lipinski definition) is 0. The monoisotopic (exact) mass is 247 g/mol. The van der Waals surface area contributed by atoms with Crippen LogP contribution in [-0.4, -0.2) is 36.7 Å². The van der Waals surface area contributed by atoms with Gasteiger partial charge in [0.15, 0.2) is 0 Å². The average molecular weight is 247 g/mol. The minimum atomic E-state index is 0.376. The van der Waals surface area contributed by atoms with Gasteiger partial charge in [-0.3, -0.25) is 4.90 Å². The number of ether oxygens (including phenoxy) is 1. The molecule has 18 heavy (non-hydrogen) atoms. The third-order valence-electron chi connectivity index (χ3n) is 3.74. The Bertz CT molecular complexity index is 341. The molecule has 0 bridgehead atoms. The minimum absolute atomic E-state index is 0.376. The van der Waals surface area contributed by atoms with E-state index in [-0.39, 0.29) is 0 Å². The molecule has 100 valence electrons. The fraction of sp³-hybridized carbons (Fsp3) is 0.625. The second-order valence-electron chi connectivity index (χ2n) is 5.62. The van der Waals surface area contributed by atoms with E-state index in [2.05, 4.69) is 56.0 Å². The lowest BCUT2D eigenvalue weighted by Gasteiger charge is -2.35. The van der Waals surface area contributed by atoms with Gasteiger partial charge in [-0.1, -0.05) is 37.3 Å². The zero-order valence-corrected chi connectivity index (χ0v) is 11.8. The average Bonchev–Trinajstić information content (AvgIpc) is 2.36. The fourth-order valence-electron chi connectivity index (χ4n) is 2.79. The summed E-state index contributed by atoms with van der Waals surface area (Å²) >= 11 is 0. The van der Waals surface area contributed by atoms with Gasteiger partial charge < -0.3 is 4.74 Å². The molecule has 3 atom stereocenters. The molecular formula is C16H25NO. The van der Waals surface area contributed by atoms with Crippen molar-refractivity contribution in [2.75, 3.05) is 19.6 Å². The van der Waals surface area contributed by atoms with Gasteiger partial charge in [-0.05, 0) is 38.3 Å². The van der Waals surface area contributed by atoms with Gasteiger partial charge in [0.2, 0.25) is 0 Å². The number of hydrogen-bond acceptors (Lipinski definition) is 2. The van der Waals surface area contributed by atoms with E-state index in [0.717, 1.165) is 13.1 Å². The van der Waals surface area contributed by atoms with E-state index in [1.807, 2.05) is 0 Å². The van der Waals surface area contributed by atoms with Gasteiger partial charge in [0, 0.05) is 13.1 Å². The molecule has 0 spiro atoms. The van der Waals surface area contributed by atoms with Crippen LogP contribution in [0.5, 0.6) is 0 Å². The van der Waals surface area contributed by atoms with Crippen molar-refractivity contribution in [3.63, 3.8) is 0 Å². The molecule has 0 aromatic heterocycles. The highest BCUT2D eigenvalue weighted by molar-refractivity contribution is 5.18.